The third-order valence-electron chi connectivity index (χ3n) is 2.27. The van der Waals surface area contributed by atoms with Gasteiger partial charge in [0.1, 0.15) is 0 Å². The number of benzene rings is 2. The van der Waals surface area contributed by atoms with E-state index in [1.54, 1.807) is 18.2 Å². The van der Waals surface area contributed by atoms with E-state index in [4.69, 9.17) is 11.5 Å². The molecule has 2 aromatic rings. The average Bonchev–Trinajstić information content (AvgIpc) is 2.29. The van der Waals surface area contributed by atoms with Crippen LogP contribution in [0.2, 0.25) is 0 Å². The fourth-order valence-corrected chi connectivity index (χ4v) is 1.53. The van der Waals surface area contributed by atoms with Gasteiger partial charge in [0.2, 0.25) is 0 Å². The van der Waals surface area contributed by atoms with Crippen molar-refractivity contribution >= 4 is 23.0 Å². The summed E-state index contributed by atoms with van der Waals surface area (Å²) in [5, 5.41) is 2.76. The van der Waals surface area contributed by atoms with Crippen LogP contribution in [0.25, 0.3) is 0 Å². The molecule has 0 unspecified atom stereocenters. The van der Waals surface area contributed by atoms with E-state index in [2.05, 4.69) is 5.32 Å². The van der Waals surface area contributed by atoms with Crippen molar-refractivity contribution in [2.75, 3.05) is 16.8 Å². The smallest absolute Gasteiger partial charge is 0.255 e. The van der Waals surface area contributed by atoms with Gasteiger partial charge in [0.05, 0.1) is 0 Å². The van der Waals surface area contributed by atoms with E-state index in [0.717, 1.165) is 5.69 Å². The molecule has 17 heavy (non-hydrogen) atoms. The molecule has 4 heteroatoms. The summed E-state index contributed by atoms with van der Waals surface area (Å²) in [6, 6.07) is 14.0. The Labute approximate surface area is 99.2 Å². The molecule has 1 amide bonds. The van der Waals surface area contributed by atoms with Gasteiger partial charge in [-0.1, -0.05) is 18.2 Å². The molecule has 0 atom stereocenters. The van der Waals surface area contributed by atoms with E-state index in [1.165, 1.54) is 0 Å². The zero-order chi connectivity index (χ0) is 12.3. The minimum Gasteiger partial charge on any atom is -0.399 e. The summed E-state index contributed by atoms with van der Waals surface area (Å²) < 4.78 is 0. The number of hydrogen-bond donors (Lipinski definition) is 3. The zero-order valence-electron chi connectivity index (χ0n) is 9.18. The SMILES string of the molecule is Nc1cc(N)cc(C(=O)Nc2ccccc2)c1. The maximum Gasteiger partial charge on any atom is 0.255 e. The lowest BCUT2D eigenvalue weighted by molar-refractivity contribution is 0.102. The molecule has 0 aliphatic heterocycles. The first-order valence-electron chi connectivity index (χ1n) is 5.17. The summed E-state index contributed by atoms with van der Waals surface area (Å²) in [5.41, 5.74) is 13.4. The van der Waals surface area contributed by atoms with E-state index in [0.29, 0.717) is 16.9 Å². The van der Waals surface area contributed by atoms with Gasteiger partial charge in [-0.2, -0.15) is 0 Å². The fraction of sp³-hybridized carbons (Fsp3) is 0. The molecule has 0 radical (unpaired) electrons. The van der Waals surface area contributed by atoms with Crippen molar-refractivity contribution in [3.05, 3.63) is 54.1 Å². The molecule has 0 saturated carbocycles. The van der Waals surface area contributed by atoms with Crippen LogP contribution >= 0.6 is 0 Å². The van der Waals surface area contributed by atoms with Gasteiger partial charge in [0.15, 0.2) is 0 Å². The molecule has 4 nitrogen and oxygen atoms in total. The summed E-state index contributed by atoms with van der Waals surface area (Å²) in [6.07, 6.45) is 0. The standard InChI is InChI=1S/C13H13N3O/c14-10-6-9(7-11(15)8-10)13(17)16-12-4-2-1-3-5-12/h1-8H,14-15H2,(H,16,17). The predicted molar refractivity (Wildman–Crippen MR) is 69.7 cm³/mol. The minimum atomic E-state index is -0.227. The third-order valence-corrected chi connectivity index (χ3v) is 2.27. The highest BCUT2D eigenvalue weighted by atomic mass is 16.1. The van der Waals surface area contributed by atoms with Gasteiger partial charge in [-0.25, -0.2) is 0 Å². The van der Waals surface area contributed by atoms with Crippen molar-refractivity contribution in [2.45, 2.75) is 0 Å². The van der Waals surface area contributed by atoms with E-state index in [1.807, 2.05) is 30.3 Å². The predicted octanol–water partition coefficient (Wildman–Crippen LogP) is 2.10. The summed E-state index contributed by atoms with van der Waals surface area (Å²) >= 11 is 0. The van der Waals surface area contributed by atoms with Crippen LogP contribution in [0.5, 0.6) is 0 Å². The van der Waals surface area contributed by atoms with Crippen molar-refractivity contribution in [2.24, 2.45) is 0 Å². The van der Waals surface area contributed by atoms with E-state index in [-0.39, 0.29) is 5.91 Å². The van der Waals surface area contributed by atoms with Crippen LogP contribution in [0.3, 0.4) is 0 Å². The Morgan fingerprint density at radius 1 is 0.941 bits per heavy atom. The average molecular weight is 227 g/mol. The Morgan fingerprint density at radius 3 is 2.12 bits per heavy atom. The van der Waals surface area contributed by atoms with Crippen LogP contribution in [0.1, 0.15) is 10.4 Å². The molecular weight excluding hydrogens is 214 g/mol. The number of nitrogens with one attached hydrogen (secondary N) is 1. The maximum atomic E-state index is 11.9. The van der Waals surface area contributed by atoms with Crippen molar-refractivity contribution in [1.82, 2.24) is 0 Å². The molecule has 86 valence electrons. The molecule has 0 saturated heterocycles. The lowest BCUT2D eigenvalue weighted by Gasteiger charge is -2.06. The number of anilines is 3. The fourth-order valence-electron chi connectivity index (χ4n) is 1.53. The Balaban J connectivity index is 2.20. The van der Waals surface area contributed by atoms with Crippen molar-refractivity contribution in [3.63, 3.8) is 0 Å². The maximum absolute atomic E-state index is 11.9. The first-order chi connectivity index (χ1) is 8.15. The van der Waals surface area contributed by atoms with Gasteiger partial charge in [-0.15, -0.1) is 0 Å². The van der Waals surface area contributed by atoms with E-state index in [9.17, 15) is 4.79 Å². The van der Waals surface area contributed by atoms with Gasteiger partial charge in [-0.05, 0) is 30.3 Å². The Kier molecular flexibility index (Phi) is 2.96. The zero-order valence-corrected chi connectivity index (χ0v) is 9.18. The molecule has 0 bridgehead atoms. The highest BCUT2D eigenvalue weighted by Gasteiger charge is 2.07. The van der Waals surface area contributed by atoms with Crippen LogP contribution in [-0.4, -0.2) is 5.91 Å². The van der Waals surface area contributed by atoms with Gasteiger partial charge in [-0.3, -0.25) is 4.79 Å². The Bertz CT molecular complexity index is 517. The highest BCUT2D eigenvalue weighted by molar-refractivity contribution is 6.05. The van der Waals surface area contributed by atoms with Gasteiger partial charge < -0.3 is 16.8 Å². The van der Waals surface area contributed by atoms with Crippen molar-refractivity contribution < 1.29 is 4.79 Å². The van der Waals surface area contributed by atoms with Gasteiger partial charge in [0.25, 0.3) is 5.91 Å². The lowest BCUT2D eigenvalue weighted by Crippen LogP contribution is -2.12. The van der Waals surface area contributed by atoms with E-state index >= 15 is 0 Å². The van der Waals surface area contributed by atoms with E-state index < -0.39 is 0 Å². The van der Waals surface area contributed by atoms with Gasteiger partial charge >= 0.3 is 0 Å². The van der Waals surface area contributed by atoms with Crippen LogP contribution < -0.4 is 16.8 Å². The second kappa shape index (κ2) is 4.57. The van der Waals surface area contributed by atoms with Crippen LogP contribution in [0.4, 0.5) is 17.1 Å². The minimum absolute atomic E-state index is 0.227. The Morgan fingerprint density at radius 2 is 1.53 bits per heavy atom. The van der Waals surface area contributed by atoms with Crippen LogP contribution in [-0.2, 0) is 0 Å². The molecular formula is C13H13N3O. The number of carbonyl (C=O) groups excluding carboxylic acids is 1. The summed E-state index contributed by atoms with van der Waals surface area (Å²) in [7, 11) is 0. The second-order valence-corrected chi connectivity index (χ2v) is 3.71. The topological polar surface area (TPSA) is 81.1 Å². The van der Waals surface area contributed by atoms with Crippen molar-refractivity contribution in [3.8, 4) is 0 Å². The molecule has 0 fully saturated rings. The number of amides is 1. The molecule has 0 aliphatic rings. The second-order valence-electron chi connectivity index (χ2n) is 3.71. The highest BCUT2D eigenvalue weighted by Crippen LogP contribution is 2.15. The van der Waals surface area contributed by atoms with Gasteiger partial charge in [0, 0.05) is 22.6 Å². The molecule has 0 aromatic heterocycles. The lowest BCUT2D eigenvalue weighted by atomic mass is 10.1. The molecule has 0 heterocycles. The normalized spacial score (nSPS) is 9.88. The number of nitrogen functional groups attached to an aromatic ring is 2. The molecule has 2 aromatic carbocycles. The van der Waals surface area contributed by atoms with Crippen LogP contribution in [0.15, 0.2) is 48.5 Å². The number of para-hydroxylation sites is 1. The summed E-state index contributed by atoms with van der Waals surface area (Å²) in [5.74, 6) is -0.227. The summed E-state index contributed by atoms with van der Waals surface area (Å²) in [6.45, 7) is 0. The van der Waals surface area contributed by atoms with Crippen molar-refractivity contribution in [1.29, 1.82) is 0 Å². The quantitative estimate of drug-likeness (QED) is 0.687. The number of carbonyl (C=O) groups is 1. The Hall–Kier alpha value is -2.49. The number of rotatable bonds is 2. The number of hydrogen-bond acceptors (Lipinski definition) is 3. The third kappa shape index (κ3) is 2.75. The monoisotopic (exact) mass is 227 g/mol. The number of nitrogens with two attached hydrogens (primary N) is 2. The largest absolute Gasteiger partial charge is 0.399 e. The molecule has 5 N–H and O–H groups in total. The summed E-state index contributed by atoms with van der Waals surface area (Å²) in [4.78, 5) is 11.9. The molecule has 0 spiro atoms. The first kappa shape index (κ1) is 11.0. The van der Waals surface area contributed by atoms with Crippen LogP contribution in [0, 0.1) is 0 Å². The molecule has 0 aliphatic carbocycles. The molecule has 2 rings (SSSR count). The first-order valence-corrected chi connectivity index (χ1v) is 5.17.